The first-order chi connectivity index (χ1) is 13.2. The van der Waals surface area contributed by atoms with Crippen LogP contribution >= 0.6 is 0 Å². The van der Waals surface area contributed by atoms with Crippen molar-refractivity contribution in [2.75, 3.05) is 18.2 Å². The van der Waals surface area contributed by atoms with Gasteiger partial charge in [-0.15, -0.1) is 0 Å². The van der Waals surface area contributed by atoms with E-state index in [2.05, 4.69) is 5.32 Å². The Balaban J connectivity index is 1.67. The van der Waals surface area contributed by atoms with Gasteiger partial charge in [0.25, 0.3) is 5.91 Å². The molecule has 0 saturated heterocycles. The molecular weight excluding hydrogens is 380 g/mol. The number of carbonyl (C=O) groups is 2. The molecule has 8 heteroatoms. The fourth-order valence-corrected chi connectivity index (χ4v) is 4.20. The second-order valence-electron chi connectivity index (χ2n) is 6.82. The van der Waals surface area contributed by atoms with E-state index in [-0.39, 0.29) is 13.0 Å². The van der Waals surface area contributed by atoms with E-state index < -0.39 is 34.5 Å². The number of carbonyl (C=O) groups excluding carboxylic acids is 2. The number of nitrogens with zero attached hydrogens (tertiary/aromatic N) is 1. The second kappa shape index (κ2) is 8.12. The lowest BCUT2D eigenvalue weighted by Crippen LogP contribution is -2.49. The summed E-state index contributed by atoms with van der Waals surface area (Å²) in [5, 5.41) is 2.65. The molecule has 0 fully saturated rings. The highest BCUT2D eigenvalue weighted by Gasteiger charge is 2.38. The molecule has 1 aliphatic heterocycles. The number of ether oxygens (including phenoxy) is 1. The Bertz CT molecular complexity index is 1000. The molecule has 1 amide bonds. The number of nitrogens with one attached hydrogen (secondary N) is 1. The molecule has 3 rings (SSSR count). The van der Waals surface area contributed by atoms with Crippen molar-refractivity contribution < 1.29 is 22.7 Å². The highest BCUT2D eigenvalue weighted by molar-refractivity contribution is 7.88. The summed E-state index contributed by atoms with van der Waals surface area (Å²) in [5.74, 6) is -1.22. The molecule has 7 nitrogen and oxygen atoms in total. The van der Waals surface area contributed by atoms with Crippen molar-refractivity contribution in [1.29, 1.82) is 0 Å². The van der Waals surface area contributed by atoms with Crippen LogP contribution in [0, 0.1) is 6.92 Å². The number of benzene rings is 2. The third-order valence-corrected chi connectivity index (χ3v) is 5.79. The molecule has 1 aliphatic rings. The molecule has 1 atom stereocenters. The fourth-order valence-electron chi connectivity index (χ4n) is 3.20. The third kappa shape index (κ3) is 4.76. The Labute approximate surface area is 164 Å². The number of hydrogen-bond donors (Lipinski definition) is 1. The summed E-state index contributed by atoms with van der Waals surface area (Å²) in [7, 11) is -3.62. The summed E-state index contributed by atoms with van der Waals surface area (Å²) in [5.41, 5.74) is 3.34. The minimum atomic E-state index is -3.62. The van der Waals surface area contributed by atoms with Crippen LogP contribution in [-0.4, -0.2) is 43.5 Å². The number of aryl methyl sites for hydroxylation is 1. The van der Waals surface area contributed by atoms with Crippen LogP contribution in [0.5, 0.6) is 0 Å². The number of anilines is 1. The normalized spacial score (nSPS) is 16.9. The molecule has 2 aromatic rings. The Kier molecular flexibility index (Phi) is 5.81. The maximum absolute atomic E-state index is 12.6. The number of sulfonamides is 1. The monoisotopic (exact) mass is 402 g/mol. The van der Waals surface area contributed by atoms with Gasteiger partial charge in [-0.1, -0.05) is 36.4 Å². The molecule has 0 bridgehead atoms. The first kappa shape index (κ1) is 20.0. The Hall–Kier alpha value is -2.71. The van der Waals surface area contributed by atoms with Crippen LogP contribution in [0.3, 0.4) is 0 Å². The van der Waals surface area contributed by atoms with Gasteiger partial charge in [0.15, 0.2) is 6.61 Å². The van der Waals surface area contributed by atoms with E-state index in [0.29, 0.717) is 5.69 Å². The van der Waals surface area contributed by atoms with Crippen molar-refractivity contribution in [2.24, 2.45) is 0 Å². The molecule has 0 radical (unpaired) electrons. The fraction of sp³-hybridized carbons (Fsp3) is 0.300. The van der Waals surface area contributed by atoms with Crippen molar-refractivity contribution in [3.05, 3.63) is 65.2 Å². The highest BCUT2D eigenvalue weighted by Crippen LogP contribution is 2.26. The Morgan fingerprint density at radius 2 is 1.86 bits per heavy atom. The maximum atomic E-state index is 12.6. The molecule has 0 aliphatic carbocycles. The van der Waals surface area contributed by atoms with Crippen molar-refractivity contribution in [3.63, 3.8) is 0 Å². The lowest BCUT2D eigenvalue weighted by Gasteiger charge is -2.33. The molecule has 1 heterocycles. The van der Waals surface area contributed by atoms with E-state index in [0.717, 1.165) is 27.3 Å². The summed E-state index contributed by atoms with van der Waals surface area (Å²) < 4.78 is 30.6. The quantitative estimate of drug-likeness (QED) is 0.771. The van der Waals surface area contributed by atoms with Gasteiger partial charge in [0.05, 0.1) is 6.26 Å². The molecule has 0 unspecified atom stereocenters. The predicted molar refractivity (Wildman–Crippen MR) is 105 cm³/mol. The number of esters is 1. The van der Waals surface area contributed by atoms with Crippen LogP contribution in [0.15, 0.2) is 48.5 Å². The van der Waals surface area contributed by atoms with E-state index in [1.165, 1.54) is 0 Å². The van der Waals surface area contributed by atoms with Crippen molar-refractivity contribution >= 4 is 27.6 Å². The predicted octanol–water partition coefficient (Wildman–Crippen LogP) is 1.86. The van der Waals surface area contributed by atoms with Gasteiger partial charge in [-0.25, -0.2) is 8.42 Å². The Morgan fingerprint density at radius 3 is 2.54 bits per heavy atom. The zero-order chi connectivity index (χ0) is 20.3. The van der Waals surface area contributed by atoms with E-state index in [1.54, 1.807) is 18.2 Å². The number of amides is 1. The number of fused-ring (bicyclic) bond motifs is 1. The average molecular weight is 402 g/mol. The van der Waals surface area contributed by atoms with Crippen molar-refractivity contribution in [2.45, 2.75) is 25.9 Å². The van der Waals surface area contributed by atoms with Crippen LogP contribution in [0.2, 0.25) is 0 Å². The second-order valence-corrected chi connectivity index (χ2v) is 8.76. The summed E-state index contributed by atoms with van der Waals surface area (Å²) in [4.78, 5) is 24.6. The van der Waals surface area contributed by atoms with Gasteiger partial charge in [0.1, 0.15) is 6.04 Å². The molecule has 2 aromatic carbocycles. The third-order valence-electron chi connectivity index (χ3n) is 4.55. The van der Waals surface area contributed by atoms with Crippen molar-refractivity contribution in [1.82, 2.24) is 4.31 Å². The van der Waals surface area contributed by atoms with Gasteiger partial charge in [-0.05, 0) is 35.7 Å². The van der Waals surface area contributed by atoms with Crippen LogP contribution in [0.1, 0.15) is 16.7 Å². The summed E-state index contributed by atoms with van der Waals surface area (Å²) >= 11 is 0. The summed E-state index contributed by atoms with van der Waals surface area (Å²) in [6, 6.07) is 13.6. The van der Waals surface area contributed by atoms with Crippen molar-refractivity contribution in [3.8, 4) is 0 Å². The zero-order valence-corrected chi connectivity index (χ0v) is 16.5. The van der Waals surface area contributed by atoms with E-state index in [9.17, 15) is 18.0 Å². The summed E-state index contributed by atoms with van der Waals surface area (Å²) in [6.07, 6.45) is 1.27. The molecule has 0 spiro atoms. The van der Waals surface area contributed by atoms with Crippen LogP contribution < -0.4 is 5.32 Å². The number of hydrogen-bond acceptors (Lipinski definition) is 5. The van der Waals surface area contributed by atoms with E-state index in [1.807, 2.05) is 37.3 Å². The van der Waals surface area contributed by atoms with Gasteiger partial charge in [0.2, 0.25) is 10.0 Å². The summed E-state index contributed by atoms with van der Waals surface area (Å²) in [6.45, 7) is 1.52. The van der Waals surface area contributed by atoms with Gasteiger partial charge in [0, 0.05) is 18.7 Å². The van der Waals surface area contributed by atoms with Crippen LogP contribution in [-0.2, 0) is 37.3 Å². The molecule has 148 valence electrons. The first-order valence-corrected chi connectivity index (χ1v) is 10.7. The molecule has 28 heavy (non-hydrogen) atoms. The molecule has 1 N–H and O–H groups in total. The smallest absolute Gasteiger partial charge is 0.325 e. The topological polar surface area (TPSA) is 92.8 Å². The zero-order valence-electron chi connectivity index (χ0n) is 15.7. The van der Waals surface area contributed by atoms with Crippen LogP contribution in [0.25, 0.3) is 0 Å². The van der Waals surface area contributed by atoms with Gasteiger partial charge in [-0.2, -0.15) is 4.31 Å². The largest absolute Gasteiger partial charge is 0.454 e. The first-order valence-electron chi connectivity index (χ1n) is 8.81. The average Bonchev–Trinajstić information content (AvgIpc) is 2.64. The van der Waals surface area contributed by atoms with E-state index >= 15 is 0 Å². The standard InChI is InChI=1S/C20H22N2O5S/c1-14-6-5-9-17(10-14)21-19(23)13-27-20(24)18-11-15-7-3-4-8-16(15)12-22(18)28(2,25)26/h3-10,18H,11-13H2,1-2H3,(H,21,23)/t18-/m0/s1. The van der Waals surface area contributed by atoms with Gasteiger partial charge < -0.3 is 10.1 Å². The van der Waals surface area contributed by atoms with E-state index in [4.69, 9.17) is 4.74 Å². The molecular formula is C20H22N2O5S. The SMILES string of the molecule is Cc1cccc(NC(=O)COC(=O)[C@@H]2Cc3ccccc3CN2S(C)(=O)=O)c1. The highest BCUT2D eigenvalue weighted by atomic mass is 32.2. The lowest BCUT2D eigenvalue weighted by molar-refractivity contribution is -0.151. The minimum Gasteiger partial charge on any atom is -0.454 e. The number of rotatable bonds is 5. The lowest BCUT2D eigenvalue weighted by atomic mass is 9.96. The van der Waals surface area contributed by atoms with Gasteiger partial charge in [-0.3, -0.25) is 9.59 Å². The molecule has 0 aromatic heterocycles. The minimum absolute atomic E-state index is 0.101. The van der Waals surface area contributed by atoms with Crippen LogP contribution in [0.4, 0.5) is 5.69 Å². The van der Waals surface area contributed by atoms with Gasteiger partial charge >= 0.3 is 5.97 Å². The Morgan fingerprint density at radius 1 is 1.14 bits per heavy atom. The maximum Gasteiger partial charge on any atom is 0.325 e. The molecule has 0 saturated carbocycles.